The molecule has 0 radical (unpaired) electrons. The fraction of sp³-hybridized carbons (Fsp3) is 0.389. The Morgan fingerprint density at radius 2 is 1.96 bits per heavy atom. The largest absolute Gasteiger partial charge is 0.347 e. The molecule has 1 N–H and O–H groups in total. The van der Waals surface area contributed by atoms with Crippen LogP contribution in [0, 0.1) is 5.92 Å². The fourth-order valence-electron chi connectivity index (χ4n) is 3.31. The Morgan fingerprint density at radius 1 is 1.22 bits per heavy atom. The molecule has 1 atom stereocenters. The van der Waals surface area contributed by atoms with Crippen molar-refractivity contribution in [2.24, 2.45) is 5.92 Å². The summed E-state index contributed by atoms with van der Waals surface area (Å²) in [5.41, 5.74) is 0.728. The number of nitrogens with zero attached hydrogens (tertiary/aromatic N) is 2. The predicted molar refractivity (Wildman–Crippen MR) is 87.8 cm³/mol. The average molecular weight is 311 g/mol. The van der Waals surface area contributed by atoms with E-state index in [1.165, 1.54) is 23.6 Å². The van der Waals surface area contributed by atoms with E-state index in [0.29, 0.717) is 5.92 Å². The molecule has 1 saturated carbocycles. The summed E-state index contributed by atoms with van der Waals surface area (Å²) < 4.78 is 1.33. The molecule has 3 rings (SSSR count). The zero-order chi connectivity index (χ0) is 16.1. The van der Waals surface area contributed by atoms with Gasteiger partial charge in [0.05, 0.1) is 6.04 Å². The van der Waals surface area contributed by atoms with Gasteiger partial charge in [-0.2, -0.15) is 0 Å². The quantitative estimate of drug-likeness (QED) is 0.921. The molecule has 1 aromatic heterocycles. The molecule has 0 bridgehead atoms. The van der Waals surface area contributed by atoms with E-state index in [0.717, 1.165) is 18.4 Å². The van der Waals surface area contributed by atoms with Gasteiger partial charge in [-0.3, -0.25) is 9.36 Å². The van der Waals surface area contributed by atoms with Crippen molar-refractivity contribution < 1.29 is 4.79 Å². The third-order valence-electron chi connectivity index (χ3n) is 4.44. The van der Waals surface area contributed by atoms with E-state index >= 15 is 0 Å². The van der Waals surface area contributed by atoms with Crippen LogP contribution in [-0.2, 0) is 11.3 Å². The number of carbonyl (C=O) groups is 1. The first-order valence-electron chi connectivity index (χ1n) is 8.10. The van der Waals surface area contributed by atoms with E-state index in [1.807, 2.05) is 18.2 Å². The van der Waals surface area contributed by atoms with Crippen LogP contribution in [0.4, 0.5) is 0 Å². The first-order chi connectivity index (χ1) is 11.2. The van der Waals surface area contributed by atoms with Crippen molar-refractivity contribution in [3.8, 4) is 0 Å². The minimum absolute atomic E-state index is 0.00271. The van der Waals surface area contributed by atoms with Crippen molar-refractivity contribution in [2.45, 2.75) is 38.3 Å². The zero-order valence-corrected chi connectivity index (χ0v) is 13.0. The molecular weight excluding hydrogens is 290 g/mol. The van der Waals surface area contributed by atoms with Gasteiger partial charge in [0.1, 0.15) is 6.54 Å². The third kappa shape index (κ3) is 3.86. The molecule has 120 valence electrons. The number of rotatable bonds is 5. The summed E-state index contributed by atoms with van der Waals surface area (Å²) in [5.74, 6) is 0.313. The molecule has 0 saturated heterocycles. The average Bonchev–Trinajstić information content (AvgIpc) is 3.10. The lowest BCUT2D eigenvalue weighted by Crippen LogP contribution is -2.37. The van der Waals surface area contributed by atoms with Gasteiger partial charge in [0.25, 0.3) is 0 Å². The number of hydrogen-bond acceptors (Lipinski definition) is 3. The van der Waals surface area contributed by atoms with Gasteiger partial charge in [-0.1, -0.05) is 43.2 Å². The summed E-state index contributed by atoms with van der Waals surface area (Å²) in [6, 6.07) is 11.7. The number of hydrogen-bond donors (Lipinski definition) is 1. The summed E-state index contributed by atoms with van der Waals surface area (Å²) in [7, 11) is 0. The van der Waals surface area contributed by atoms with Gasteiger partial charge >= 0.3 is 5.69 Å². The molecule has 5 nitrogen and oxygen atoms in total. The smallest absolute Gasteiger partial charge is 0.347 e. The molecular formula is C18H21N3O2. The molecule has 5 heteroatoms. The SMILES string of the molecule is O=C(Cn1cccnc1=O)N[C@H](c1ccccc1)C1CCCC1. The van der Waals surface area contributed by atoms with Crippen LogP contribution >= 0.6 is 0 Å². The summed E-state index contributed by atoms with van der Waals surface area (Å²) in [4.78, 5) is 27.7. The van der Waals surface area contributed by atoms with Crippen LogP contribution in [0.2, 0.25) is 0 Å². The molecule has 1 aliphatic carbocycles. The lowest BCUT2D eigenvalue weighted by atomic mass is 9.91. The molecule has 1 aromatic carbocycles. The maximum atomic E-state index is 12.4. The second-order valence-electron chi connectivity index (χ2n) is 6.03. The monoisotopic (exact) mass is 311 g/mol. The van der Waals surface area contributed by atoms with E-state index in [4.69, 9.17) is 0 Å². The number of amides is 1. The summed E-state index contributed by atoms with van der Waals surface area (Å²) in [6.45, 7) is 0.00271. The second-order valence-corrected chi connectivity index (χ2v) is 6.03. The molecule has 0 spiro atoms. The molecule has 1 heterocycles. The number of carbonyl (C=O) groups excluding carboxylic acids is 1. The topological polar surface area (TPSA) is 64.0 Å². The zero-order valence-electron chi connectivity index (χ0n) is 13.0. The number of benzene rings is 1. The van der Waals surface area contributed by atoms with Crippen molar-refractivity contribution in [3.63, 3.8) is 0 Å². The van der Waals surface area contributed by atoms with E-state index in [2.05, 4.69) is 22.4 Å². The van der Waals surface area contributed by atoms with E-state index in [1.54, 1.807) is 12.3 Å². The highest BCUT2D eigenvalue weighted by atomic mass is 16.2. The molecule has 1 amide bonds. The Morgan fingerprint density at radius 3 is 2.65 bits per heavy atom. The third-order valence-corrected chi connectivity index (χ3v) is 4.44. The highest BCUT2D eigenvalue weighted by Crippen LogP contribution is 2.35. The normalized spacial score (nSPS) is 16.2. The molecule has 2 aromatic rings. The van der Waals surface area contributed by atoms with Crippen molar-refractivity contribution in [1.82, 2.24) is 14.9 Å². The molecule has 23 heavy (non-hydrogen) atoms. The lowest BCUT2D eigenvalue weighted by Gasteiger charge is -2.25. The van der Waals surface area contributed by atoms with E-state index < -0.39 is 5.69 Å². The van der Waals surface area contributed by atoms with Gasteiger partial charge in [-0.05, 0) is 30.4 Å². The lowest BCUT2D eigenvalue weighted by molar-refractivity contribution is -0.122. The molecule has 1 fully saturated rings. The first kappa shape index (κ1) is 15.5. The fourth-order valence-corrected chi connectivity index (χ4v) is 3.31. The minimum Gasteiger partial charge on any atom is -0.347 e. The maximum Gasteiger partial charge on any atom is 0.347 e. The van der Waals surface area contributed by atoms with Crippen LogP contribution in [-0.4, -0.2) is 15.5 Å². The van der Waals surface area contributed by atoms with Crippen LogP contribution in [0.3, 0.4) is 0 Å². The van der Waals surface area contributed by atoms with Crippen molar-refractivity contribution in [3.05, 3.63) is 64.8 Å². The van der Waals surface area contributed by atoms with Crippen LogP contribution < -0.4 is 11.0 Å². The standard InChI is InChI=1S/C18H21N3O2/c22-16(13-21-12-6-11-19-18(21)23)20-17(15-9-4-5-10-15)14-7-2-1-3-8-14/h1-3,6-8,11-12,15,17H,4-5,9-10,13H2,(H,20,22)/t17-/m1/s1. The summed E-state index contributed by atoms with van der Waals surface area (Å²) in [6.07, 6.45) is 7.71. The minimum atomic E-state index is -0.403. The summed E-state index contributed by atoms with van der Waals surface area (Å²) >= 11 is 0. The van der Waals surface area contributed by atoms with Gasteiger partial charge in [0.15, 0.2) is 0 Å². The molecule has 0 aliphatic heterocycles. The Kier molecular flexibility index (Phi) is 4.86. The van der Waals surface area contributed by atoms with Crippen molar-refractivity contribution in [2.75, 3.05) is 0 Å². The number of nitrogens with one attached hydrogen (secondary N) is 1. The van der Waals surface area contributed by atoms with Crippen LogP contribution in [0.15, 0.2) is 53.6 Å². The molecule has 1 aliphatic rings. The van der Waals surface area contributed by atoms with E-state index in [-0.39, 0.29) is 18.5 Å². The first-order valence-corrected chi connectivity index (χ1v) is 8.10. The van der Waals surface area contributed by atoms with Crippen molar-refractivity contribution in [1.29, 1.82) is 0 Å². The van der Waals surface area contributed by atoms with Gasteiger partial charge < -0.3 is 5.32 Å². The van der Waals surface area contributed by atoms with Crippen LogP contribution in [0.5, 0.6) is 0 Å². The van der Waals surface area contributed by atoms with Crippen LogP contribution in [0.1, 0.15) is 37.3 Å². The Labute approximate surface area is 135 Å². The number of aromatic nitrogens is 2. The second kappa shape index (κ2) is 7.22. The summed E-state index contributed by atoms with van der Waals surface area (Å²) in [5, 5.41) is 3.12. The van der Waals surface area contributed by atoms with Crippen LogP contribution in [0.25, 0.3) is 0 Å². The Bertz CT molecular complexity index is 705. The Balaban J connectivity index is 1.74. The van der Waals surface area contributed by atoms with E-state index in [9.17, 15) is 9.59 Å². The Hall–Kier alpha value is -2.43. The highest BCUT2D eigenvalue weighted by molar-refractivity contribution is 5.76. The molecule has 0 unspecified atom stereocenters. The maximum absolute atomic E-state index is 12.4. The predicted octanol–water partition coefficient (Wildman–Crippen LogP) is 2.29. The van der Waals surface area contributed by atoms with Gasteiger partial charge in [-0.25, -0.2) is 9.78 Å². The van der Waals surface area contributed by atoms with Crippen molar-refractivity contribution >= 4 is 5.91 Å². The highest BCUT2D eigenvalue weighted by Gasteiger charge is 2.27. The van der Waals surface area contributed by atoms with Gasteiger partial charge in [0.2, 0.25) is 5.91 Å². The van der Waals surface area contributed by atoms with Gasteiger partial charge in [0, 0.05) is 12.4 Å². The van der Waals surface area contributed by atoms with Gasteiger partial charge in [-0.15, -0.1) is 0 Å².